The zero-order chi connectivity index (χ0) is 16.1. The Hall–Kier alpha value is -0.920. The van der Waals surface area contributed by atoms with Gasteiger partial charge in [0, 0.05) is 17.4 Å². The predicted octanol–water partition coefficient (Wildman–Crippen LogP) is 2.85. The van der Waals surface area contributed by atoms with E-state index in [0.29, 0.717) is 10.9 Å². The average Bonchev–Trinajstić information content (AvgIpc) is 2.33. The number of halogens is 1. The Morgan fingerprint density at radius 3 is 2.48 bits per heavy atom. The van der Waals surface area contributed by atoms with Gasteiger partial charge in [0.2, 0.25) is 10.0 Å². The molecule has 0 saturated carbocycles. The van der Waals surface area contributed by atoms with Crippen molar-refractivity contribution in [2.75, 3.05) is 6.54 Å². The molecule has 5 nitrogen and oxygen atoms in total. The first-order chi connectivity index (χ1) is 9.62. The lowest BCUT2D eigenvalue weighted by Gasteiger charge is -2.19. The van der Waals surface area contributed by atoms with Gasteiger partial charge < -0.3 is 4.74 Å². The van der Waals surface area contributed by atoms with Crippen molar-refractivity contribution < 1.29 is 17.9 Å². The van der Waals surface area contributed by atoms with Crippen LogP contribution in [-0.4, -0.2) is 26.5 Å². The summed E-state index contributed by atoms with van der Waals surface area (Å²) in [5.41, 5.74) is -0.522. The van der Waals surface area contributed by atoms with Gasteiger partial charge in [0.05, 0.1) is 4.90 Å². The summed E-state index contributed by atoms with van der Waals surface area (Å²) in [5, 5.41) is 0. The Balaban J connectivity index is 2.46. The molecule has 0 bridgehead atoms. The maximum absolute atomic E-state index is 12.1. The Bertz CT molecular complexity index is 593. The lowest BCUT2D eigenvalue weighted by atomic mass is 10.2. The third-order valence-electron chi connectivity index (χ3n) is 2.40. The minimum absolute atomic E-state index is 0.176. The summed E-state index contributed by atoms with van der Waals surface area (Å²) in [4.78, 5) is 11.7. The number of carbonyl (C=O) groups is 1. The fourth-order valence-corrected chi connectivity index (χ4v) is 3.65. The van der Waals surface area contributed by atoms with Gasteiger partial charge in [0.1, 0.15) is 5.60 Å². The van der Waals surface area contributed by atoms with Gasteiger partial charge in [-0.3, -0.25) is 4.79 Å². The molecule has 0 aliphatic carbocycles. The Morgan fingerprint density at radius 2 is 1.90 bits per heavy atom. The second-order valence-corrected chi connectivity index (χ2v) is 8.11. The molecule has 1 aromatic carbocycles. The van der Waals surface area contributed by atoms with Crippen LogP contribution in [0.25, 0.3) is 0 Å². The highest BCUT2D eigenvalue weighted by atomic mass is 79.9. The zero-order valence-electron chi connectivity index (χ0n) is 12.3. The smallest absolute Gasteiger partial charge is 0.306 e. The number of hydrogen-bond acceptors (Lipinski definition) is 4. The Kier molecular flexibility index (Phi) is 6.37. The molecule has 1 N–H and O–H groups in total. The van der Waals surface area contributed by atoms with E-state index in [0.717, 1.165) is 0 Å². The van der Waals surface area contributed by atoms with E-state index >= 15 is 0 Å². The molecule has 0 spiro atoms. The number of hydrogen-bond donors (Lipinski definition) is 1. The molecule has 0 aliphatic rings. The first-order valence-electron chi connectivity index (χ1n) is 6.58. The van der Waals surface area contributed by atoms with E-state index in [1.165, 1.54) is 6.07 Å². The summed E-state index contributed by atoms with van der Waals surface area (Å²) < 4.78 is 32.3. The molecule has 7 heteroatoms. The van der Waals surface area contributed by atoms with Crippen molar-refractivity contribution >= 4 is 31.9 Å². The van der Waals surface area contributed by atoms with Crippen LogP contribution in [0.3, 0.4) is 0 Å². The van der Waals surface area contributed by atoms with E-state index in [1.54, 1.807) is 39.0 Å². The molecule has 0 saturated heterocycles. The third kappa shape index (κ3) is 6.58. The lowest BCUT2D eigenvalue weighted by Crippen LogP contribution is -2.27. The quantitative estimate of drug-likeness (QED) is 0.610. The molecule has 21 heavy (non-hydrogen) atoms. The molecule has 0 unspecified atom stereocenters. The molecular formula is C14H20BrNO4S. The minimum atomic E-state index is -3.57. The van der Waals surface area contributed by atoms with Crippen LogP contribution in [-0.2, 0) is 19.6 Å². The summed E-state index contributed by atoms with van der Waals surface area (Å²) in [5.74, 6) is -0.331. The highest BCUT2D eigenvalue weighted by Gasteiger charge is 2.18. The molecule has 0 atom stereocenters. The van der Waals surface area contributed by atoms with Gasteiger partial charge >= 0.3 is 5.97 Å². The molecule has 0 aromatic heterocycles. The van der Waals surface area contributed by atoms with Crippen LogP contribution in [0.15, 0.2) is 33.6 Å². The summed E-state index contributed by atoms with van der Waals surface area (Å²) in [7, 11) is -3.57. The summed E-state index contributed by atoms with van der Waals surface area (Å²) in [6.07, 6.45) is 0.564. The first kappa shape index (κ1) is 18.1. The molecule has 1 rings (SSSR count). The van der Waals surface area contributed by atoms with Crippen molar-refractivity contribution in [1.29, 1.82) is 0 Å². The van der Waals surface area contributed by atoms with Crippen LogP contribution >= 0.6 is 15.9 Å². The van der Waals surface area contributed by atoms with E-state index in [2.05, 4.69) is 20.7 Å². The fourth-order valence-electron chi connectivity index (χ4n) is 1.57. The predicted molar refractivity (Wildman–Crippen MR) is 84.4 cm³/mol. The van der Waals surface area contributed by atoms with Gasteiger partial charge in [-0.25, -0.2) is 13.1 Å². The second-order valence-electron chi connectivity index (χ2n) is 5.52. The number of nitrogens with one attached hydrogen (secondary N) is 1. The monoisotopic (exact) mass is 377 g/mol. The molecule has 0 aliphatic heterocycles. The van der Waals surface area contributed by atoms with Crippen molar-refractivity contribution in [3.63, 3.8) is 0 Å². The Morgan fingerprint density at radius 1 is 1.29 bits per heavy atom. The van der Waals surface area contributed by atoms with Crippen LogP contribution in [0, 0.1) is 0 Å². The second kappa shape index (κ2) is 7.38. The van der Waals surface area contributed by atoms with Crippen molar-refractivity contribution in [2.45, 2.75) is 44.1 Å². The SMILES string of the molecule is CC(C)(C)OC(=O)CCCNS(=O)(=O)c1ccccc1Br. The maximum Gasteiger partial charge on any atom is 0.306 e. The molecule has 0 amide bonds. The van der Waals surface area contributed by atoms with Crippen LogP contribution < -0.4 is 4.72 Å². The van der Waals surface area contributed by atoms with E-state index in [1.807, 2.05) is 0 Å². The maximum atomic E-state index is 12.1. The van der Waals surface area contributed by atoms with Gasteiger partial charge in [-0.05, 0) is 55.3 Å². The molecule has 1 aromatic rings. The number of rotatable bonds is 6. The van der Waals surface area contributed by atoms with Gasteiger partial charge in [-0.1, -0.05) is 12.1 Å². The van der Waals surface area contributed by atoms with E-state index in [-0.39, 0.29) is 23.8 Å². The molecule has 0 fully saturated rings. The first-order valence-corrected chi connectivity index (χ1v) is 8.85. The van der Waals surface area contributed by atoms with Crippen LogP contribution in [0.1, 0.15) is 33.6 Å². The van der Waals surface area contributed by atoms with E-state index < -0.39 is 15.6 Å². The van der Waals surface area contributed by atoms with Gasteiger partial charge in [0.25, 0.3) is 0 Å². The molecule has 0 heterocycles. The van der Waals surface area contributed by atoms with Crippen molar-refractivity contribution in [3.05, 3.63) is 28.7 Å². The average molecular weight is 378 g/mol. The standard InChI is InChI=1S/C14H20BrNO4S/c1-14(2,3)20-13(17)9-6-10-16-21(18,19)12-8-5-4-7-11(12)15/h4-5,7-8,16H,6,9-10H2,1-3H3. The zero-order valence-corrected chi connectivity index (χ0v) is 14.8. The summed E-state index contributed by atoms with van der Waals surface area (Å²) in [6.45, 7) is 5.56. The topological polar surface area (TPSA) is 72.5 Å². The van der Waals surface area contributed by atoms with Crippen LogP contribution in [0.4, 0.5) is 0 Å². The lowest BCUT2D eigenvalue weighted by molar-refractivity contribution is -0.154. The molecule has 0 radical (unpaired) electrons. The van der Waals surface area contributed by atoms with Crippen LogP contribution in [0.5, 0.6) is 0 Å². The van der Waals surface area contributed by atoms with E-state index in [4.69, 9.17) is 4.74 Å². The minimum Gasteiger partial charge on any atom is -0.460 e. The summed E-state index contributed by atoms with van der Waals surface area (Å²) >= 11 is 3.20. The van der Waals surface area contributed by atoms with Crippen molar-refractivity contribution in [3.8, 4) is 0 Å². The number of sulfonamides is 1. The third-order valence-corrected chi connectivity index (χ3v) is 4.87. The number of ether oxygens (including phenoxy) is 1. The van der Waals surface area contributed by atoms with Gasteiger partial charge in [-0.15, -0.1) is 0 Å². The Labute approximate surface area is 134 Å². The van der Waals surface area contributed by atoms with Gasteiger partial charge in [-0.2, -0.15) is 0 Å². The molecular weight excluding hydrogens is 358 g/mol. The number of benzene rings is 1. The molecule has 118 valence electrons. The van der Waals surface area contributed by atoms with Crippen LogP contribution in [0.2, 0.25) is 0 Å². The van der Waals surface area contributed by atoms with E-state index in [9.17, 15) is 13.2 Å². The van der Waals surface area contributed by atoms with Crippen molar-refractivity contribution in [2.24, 2.45) is 0 Å². The fraction of sp³-hybridized carbons (Fsp3) is 0.500. The van der Waals surface area contributed by atoms with Gasteiger partial charge in [0.15, 0.2) is 0 Å². The van der Waals surface area contributed by atoms with Crippen molar-refractivity contribution in [1.82, 2.24) is 4.72 Å². The normalized spacial score (nSPS) is 12.2. The summed E-state index contributed by atoms with van der Waals surface area (Å²) in [6, 6.07) is 6.57. The highest BCUT2D eigenvalue weighted by Crippen LogP contribution is 2.20. The number of esters is 1. The number of carbonyl (C=O) groups excluding carboxylic acids is 1. The highest BCUT2D eigenvalue weighted by molar-refractivity contribution is 9.10. The largest absolute Gasteiger partial charge is 0.460 e.